The van der Waals surface area contributed by atoms with Crippen LogP contribution in [0, 0.1) is 13.8 Å². The van der Waals surface area contributed by atoms with Crippen LogP contribution in [0.1, 0.15) is 21.5 Å². The zero-order valence-electron chi connectivity index (χ0n) is 19.7. The summed E-state index contributed by atoms with van der Waals surface area (Å²) in [7, 11) is -3.63. The van der Waals surface area contributed by atoms with Crippen LogP contribution in [0.5, 0.6) is 0 Å². The number of amides is 2. The number of thioether (sulfide) groups is 1. The molecule has 0 aliphatic carbocycles. The molecule has 1 fully saturated rings. The molecule has 0 bridgehead atoms. The van der Waals surface area contributed by atoms with Gasteiger partial charge >= 0.3 is 0 Å². The Labute approximate surface area is 217 Å². The molecule has 10 nitrogen and oxygen atoms in total. The molecule has 4 rings (SSSR count). The van der Waals surface area contributed by atoms with E-state index in [1.54, 1.807) is 0 Å². The van der Waals surface area contributed by atoms with Crippen LogP contribution in [0.25, 0.3) is 0 Å². The van der Waals surface area contributed by atoms with E-state index in [2.05, 4.69) is 20.8 Å². The fourth-order valence-electron chi connectivity index (χ4n) is 3.57. The van der Waals surface area contributed by atoms with Crippen molar-refractivity contribution >= 4 is 55.8 Å². The van der Waals surface area contributed by atoms with Gasteiger partial charge in [0.25, 0.3) is 5.91 Å². The average molecular weight is 548 g/mol. The molecule has 1 saturated heterocycles. The van der Waals surface area contributed by atoms with Crippen LogP contribution in [-0.2, 0) is 19.6 Å². The molecule has 36 heavy (non-hydrogen) atoms. The second-order valence-electron chi connectivity index (χ2n) is 8.08. The molecule has 1 aliphatic heterocycles. The lowest BCUT2D eigenvalue weighted by atomic mass is 10.1. The van der Waals surface area contributed by atoms with Gasteiger partial charge in [-0.05, 0) is 61.4 Å². The van der Waals surface area contributed by atoms with Gasteiger partial charge in [0.05, 0.1) is 23.9 Å². The Kier molecular flexibility index (Phi) is 8.36. The number of aromatic nitrogens is 2. The Morgan fingerprint density at radius 1 is 1.03 bits per heavy atom. The molecule has 190 valence electrons. The average Bonchev–Trinajstić information content (AvgIpc) is 3.30. The molecule has 3 aromatic rings. The number of carbonyl (C=O) groups excluding carboxylic acids is 2. The maximum Gasteiger partial charge on any atom is 0.257 e. The molecular weight excluding hydrogens is 522 g/mol. The number of nitrogens with one attached hydrogen (secondary N) is 2. The maximum atomic E-state index is 12.7. The molecule has 2 heterocycles. The Morgan fingerprint density at radius 2 is 1.69 bits per heavy atom. The van der Waals surface area contributed by atoms with Crippen LogP contribution in [0.15, 0.2) is 51.7 Å². The summed E-state index contributed by atoms with van der Waals surface area (Å²) < 4.78 is 32.6. The number of morpholine rings is 1. The summed E-state index contributed by atoms with van der Waals surface area (Å²) in [6.45, 7) is 5.26. The number of nitrogens with zero attached hydrogens (tertiary/aromatic N) is 3. The lowest BCUT2D eigenvalue weighted by Crippen LogP contribution is -2.40. The fourth-order valence-corrected chi connectivity index (χ4v) is 6.53. The number of benzene rings is 2. The van der Waals surface area contributed by atoms with Gasteiger partial charge in [-0.25, -0.2) is 8.42 Å². The van der Waals surface area contributed by atoms with Gasteiger partial charge in [0.2, 0.25) is 21.1 Å². The second kappa shape index (κ2) is 11.5. The zero-order valence-corrected chi connectivity index (χ0v) is 22.1. The molecule has 2 N–H and O–H groups in total. The first-order valence-electron chi connectivity index (χ1n) is 11.0. The summed E-state index contributed by atoms with van der Waals surface area (Å²) in [6, 6.07) is 11.6. The smallest absolute Gasteiger partial charge is 0.257 e. The largest absolute Gasteiger partial charge is 0.379 e. The minimum Gasteiger partial charge on any atom is -0.379 e. The van der Waals surface area contributed by atoms with E-state index in [1.807, 2.05) is 32.0 Å². The quantitative estimate of drug-likeness (QED) is 0.325. The lowest BCUT2D eigenvalue weighted by molar-refractivity contribution is -0.113. The Morgan fingerprint density at radius 3 is 2.36 bits per heavy atom. The third-order valence-corrected chi connectivity index (χ3v) is 9.07. The molecule has 2 aromatic carbocycles. The predicted molar refractivity (Wildman–Crippen MR) is 139 cm³/mol. The van der Waals surface area contributed by atoms with E-state index >= 15 is 0 Å². The van der Waals surface area contributed by atoms with E-state index in [4.69, 9.17) is 4.74 Å². The van der Waals surface area contributed by atoms with Crippen molar-refractivity contribution in [1.82, 2.24) is 14.5 Å². The van der Waals surface area contributed by atoms with Gasteiger partial charge in [-0.1, -0.05) is 29.2 Å². The van der Waals surface area contributed by atoms with Gasteiger partial charge in [0.15, 0.2) is 4.34 Å². The number of hydrogen-bond donors (Lipinski definition) is 2. The van der Waals surface area contributed by atoms with E-state index in [-0.39, 0.29) is 27.3 Å². The van der Waals surface area contributed by atoms with Crippen LogP contribution >= 0.6 is 23.1 Å². The molecule has 1 aromatic heterocycles. The van der Waals surface area contributed by atoms with Crippen LogP contribution in [-0.4, -0.2) is 66.8 Å². The molecule has 0 atom stereocenters. The van der Waals surface area contributed by atoms with Crippen molar-refractivity contribution in [2.24, 2.45) is 0 Å². The lowest BCUT2D eigenvalue weighted by Gasteiger charge is -2.26. The topological polar surface area (TPSA) is 131 Å². The van der Waals surface area contributed by atoms with E-state index in [1.165, 1.54) is 40.3 Å². The molecule has 13 heteroatoms. The minimum absolute atomic E-state index is 0.120. The summed E-state index contributed by atoms with van der Waals surface area (Å²) in [5.41, 5.74) is 3.16. The molecular formula is C23H25N5O5S3. The molecule has 1 aliphatic rings. The highest BCUT2D eigenvalue weighted by atomic mass is 32.2. The van der Waals surface area contributed by atoms with Crippen molar-refractivity contribution < 1.29 is 22.7 Å². The van der Waals surface area contributed by atoms with Crippen LogP contribution in [0.3, 0.4) is 0 Å². The van der Waals surface area contributed by atoms with Crippen molar-refractivity contribution in [2.45, 2.75) is 23.1 Å². The number of anilines is 2. The molecule has 0 saturated carbocycles. The molecule has 0 radical (unpaired) electrons. The summed E-state index contributed by atoms with van der Waals surface area (Å²) in [4.78, 5) is 25.0. The van der Waals surface area contributed by atoms with Gasteiger partial charge in [-0.2, -0.15) is 4.31 Å². The van der Waals surface area contributed by atoms with Crippen LogP contribution in [0.4, 0.5) is 10.8 Å². The van der Waals surface area contributed by atoms with Gasteiger partial charge < -0.3 is 10.1 Å². The van der Waals surface area contributed by atoms with Crippen LogP contribution in [0.2, 0.25) is 0 Å². The monoisotopic (exact) mass is 547 g/mol. The number of ether oxygens (including phenoxy) is 1. The Bertz CT molecular complexity index is 1330. The summed E-state index contributed by atoms with van der Waals surface area (Å²) >= 11 is 2.37. The van der Waals surface area contributed by atoms with Crippen molar-refractivity contribution in [3.63, 3.8) is 0 Å². The summed E-state index contributed by atoms with van der Waals surface area (Å²) in [6.07, 6.45) is 0. The molecule has 0 spiro atoms. The first kappa shape index (κ1) is 26.2. The highest BCUT2D eigenvalue weighted by Gasteiger charge is 2.26. The first-order chi connectivity index (χ1) is 17.2. The predicted octanol–water partition coefficient (Wildman–Crippen LogP) is 3.16. The second-order valence-corrected chi connectivity index (χ2v) is 12.2. The third kappa shape index (κ3) is 6.68. The SMILES string of the molecule is Cc1cc(C)cc(NC(=O)CSc2nnc(NC(=O)c3ccc(S(=O)(=O)N4CCOCC4)cc3)s2)c1. The number of aryl methyl sites for hydroxylation is 2. The van der Waals surface area contributed by atoms with E-state index in [0.717, 1.165) is 28.2 Å². The van der Waals surface area contributed by atoms with Crippen molar-refractivity contribution in [3.05, 3.63) is 59.2 Å². The number of rotatable bonds is 8. The van der Waals surface area contributed by atoms with E-state index in [9.17, 15) is 18.0 Å². The van der Waals surface area contributed by atoms with Gasteiger partial charge in [-0.15, -0.1) is 10.2 Å². The van der Waals surface area contributed by atoms with Crippen molar-refractivity contribution in [3.8, 4) is 0 Å². The summed E-state index contributed by atoms with van der Waals surface area (Å²) in [5.74, 6) is -0.460. The fraction of sp³-hybridized carbons (Fsp3) is 0.304. The first-order valence-corrected chi connectivity index (χ1v) is 14.3. The van der Waals surface area contributed by atoms with E-state index < -0.39 is 15.9 Å². The maximum absolute atomic E-state index is 12.7. The number of carbonyl (C=O) groups is 2. The highest BCUT2D eigenvalue weighted by Crippen LogP contribution is 2.26. The molecule has 0 unspecified atom stereocenters. The highest BCUT2D eigenvalue weighted by molar-refractivity contribution is 8.01. The standard InChI is InChI=1S/C23H25N5O5S3/c1-15-11-16(2)13-18(12-15)24-20(29)14-34-23-27-26-22(35-23)25-21(30)17-3-5-19(6-4-17)36(31,32)28-7-9-33-10-8-28/h3-6,11-13H,7-10,14H2,1-2H3,(H,24,29)(H,25,26,30). The minimum atomic E-state index is -3.63. The normalized spacial score (nSPS) is 14.4. The number of sulfonamides is 1. The Hall–Kier alpha value is -2.84. The van der Waals surface area contributed by atoms with Gasteiger partial charge in [0, 0.05) is 24.3 Å². The van der Waals surface area contributed by atoms with Gasteiger partial charge in [-0.3, -0.25) is 14.9 Å². The van der Waals surface area contributed by atoms with Crippen LogP contribution < -0.4 is 10.6 Å². The summed E-state index contributed by atoms with van der Waals surface area (Å²) in [5, 5.41) is 13.8. The Balaban J connectivity index is 1.30. The number of hydrogen-bond acceptors (Lipinski definition) is 9. The van der Waals surface area contributed by atoms with Crippen molar-refractivity contribution in [1.29, 1.82) is 0 Å². The van der Waals surface area contributed by atoms with Gasteiger partial charge in [0.1, 0.15) is 0 Å². The third-order valence-electron chi connectivity index (χ3n) is 5.18. The molecule has 2 amide bonds. The van der Waals surface area contributed by atoms with Crippen molar-refractivity contribution in [2.75, 3.05) is 42.7 Å². The zero-order chi connectivity index (χ0) is 25.7. The van der Waals surface area contributed by atoms with E-state index in [0.29, 0.717) is 30.6 Å².